The van der Waals surface area contributed by atoms with Gasteiger partial charge in [0.05, 0.1) is 0 Å². The van der Waals surface area contributed by atoms with Crippen LogP contribution in [0.1, 0.15) is 96.3 Å². The van der Waals surface area contributed by atoms with E-state index in [0.29, 0.717) is 0 Å². The molecule has 109 valence electrons. The zero-order valence-electron chi connectivity index (χ0n) is 12.8. The molecule has 19 heavy (non-hydrogen) atoms. The van der Waals surface area contributed by atoms with E-state index in [2.05, 4.69) is 0 Å². The van der Waals surface area contributed by atoms with Crippen molar-refractivity contribution in [1.82, 2.24) is 0 Å². The van der Waals surface area contributed by atoms with Crippen molar-refractivity contribution in [2.45, 2.75) is 111 Å². The quantitative estimate of drug-likeness (QED) is 0.521. The first-order valence-corrected chi connectivity index (χ1v) is 12.9. The van der Waals surface area contributed by atoms with Crippen molar-refractivity contribution in [3.8, 4) is 0 Å². The number of rotatable bonds is 3. The second kappa shape index (κ2) is 7.52. The molecule has 0 aromatic heterocycles. The summed E-state index contributed by atoms with van der Waals surface area (Å²) in [6, 6.07) is 0. The fourth-order valence-electron chi connectivity index (χ4n) is 5.31. The van der Waals surface area contributed by atoms with E-state index in [-0.39, 0.29) is 0 Å². The molecule has 3 aliphatic rings. The first kappa shape index (κ1) is 14.5. The van der Waals surface area contributed by atoms with E-state index in [1.165, 1.54) is 14.3 Å². The van der Waals surface area contributed by atoms with Crippen LogP contribution >= 0.6 is 0 Å². The zero-order chi connectivity index (χ0) is 12.9. The van der Waals surface area contributed by atoms with Crippen LogP contribution in [0.3, 0.4) is 0 Å². The molecule has 0 aromatic rings. The molecule has 1 radical (unpaired) electrons. The Morgan fingerprint density at radius 3 is 0.895 bits per heavy atom. The average molecular weight is 322 g/mol. The van der Waals surface area contributed by atoms with Gasteiger partial charge in [0.2, 0.25) is 0 Å². The van der Waals surface area contributed by atoms with Gasteiger partial charge in [0.25, 0.3) is 0 Å². The van der Waals surface area contributed by atoms with Crippen LogP contribution in [0.15, 0.2) is 0 Å². The summed E-state index contributed by atoms with van der Waals surface area (Å²) in [5.41, 5.74) is 0. The van der Waals surface area contributed by atoms with Gasteiger partial charge in [0.1, 0.15) is 0 Å². The van der Waals surface area contributed by atoms with Gasteiger partial charge in [-0.05, 0) is 0 Å². The van der Waals surface area contributed by atoms with Crippen LogP contribution in [-0.2, 0) is 0 Å². The minimum atomic E-state index is -0.801. The SMILES string of the molecule is C1CC[CH]([Ge]([CH]2CCCCC2)[CH]2CCCCC2)CC1. The summed E-state index contributed by atoms with van der Waals surface area (Å²) in [6.45, 7) is 0. The Morgan fingerprint density at radius 1 is 0.368 bits per heavy atom. The first-order valence-electron chi connectivity index (χ1n) is 9.32. The van der Waals surface area contributed by atoms with E-state index >= 15 is 0 Å². The van der Waals surface area contributed by atoms with Gasteiger partial charge in [0.15, 0.2) is 0 Å². The molecule has 3 saturated carbocycles. The van der Waals surface area contributed by atoms with Crippen molar-refractivity contribution in [1.29, 1.82) is 0 Å². The molecule has 0 nitrogen and oxygen atoms in total. The molecular formula is C18H33Ge. The summed E-state index contributed by atoms with van der Waals surface area (Å²) in [6.07, 6.45) is 24.1. The van der Waals surface area contributed by atoms with Crippen molar-refractivity contribution in [3.63, 3.8) is 0 Å². The van der Waals surface area contributed by atoms with Crippen LogP contribution in [0.2, 0.25) is 14.3 Å². The summed E-state index contributed by atoms with van der Waals surface area (Å²) < 4.78 is 3.87. The fourth-order valence-corrected chi connectivity index (χ4v) is 16.3. The number of hydrogen-bond acceptors (Lipinski definition) is 0. The molecule has 0 bridgehead atoms. The molecule has 3 rings (SSSR count). The van der Waals surface area contributed by atoms with E-state index in [0.717, 1.165) is 0 Å². The second-order valence-electron chi connectivity index (χ2n) is 7.50. The summed E-state index contributed by atoms with van der Waals surface area (Å²) >= 11 is -0.801. The molecule has 0 spiro atoms. The molecule has 0 unspecified atom stereocenters. The topological polar surface area (TPSA) is 0 Å². The van der Waals surface area contributed by atoms with Crippen LogP contribution in [-0.4, -0.2) is 14.3 Å². The molecule has 1 heteroatoms. The van der Waals surface area contributed by atoms with Gasteiger partial charge in [-0.15, -0.1) is 0 Å². The maximum absolute atomic E-state index is 1.66. The van der Waals surface area contributed by atoms with Gasteiger partial charge >= 0.3 is 125 Å². The standard InChI is InChI=1S/C18H33Ge/c1-4-10-16(11-5-1)19(17-12-6-2-7-13-17)18-14-8-3-9-15-18/h16-18H,1-15H2. The zero-order valence-corrected chi connectivity index (χ0v) is 14.9. The molecule has 3 fully saturated rings. The molecule has 0 heterocycles. The van der Waals surface area contributed by atoms with E-state index < -0.39 is 14.3 Å². The molecule has 0 N–H and O–H groups in total. The van der Waals surface area contributed by atoms with E-state index in [9.17, 15) is 0 Å². The van der Waals surface area contributed by atoms with Crippen LogP contribution in [0.5, 0.6) is 0 Å². The van der Waals surface area contributed by atoms with Crippen molar-refractivity contribution in [2.24, 2.45) is 0 Å². The normalized spacial score (nSPS) is 28.9. The van der Waals surface area contributed by atoms with E-state index in [1.54, 1.807) is 96.3 Å². The molecule has 0 atom stereocenters. The van der Waals surface area contributed by atoms with Gasteiger partial charge in [-0.1, -0.05) is 0 Å². The predicted molar refractivity (Wildman–Crippen MR) is 86.3 cm³/mol. The van der Waals surface area contributed by atoms with Gasteiger partial charge in [-0.25, -0.2) is 0 Å². The second-order valence-corrected chi connectivity index (χ2v) is 14.7. The Hall–Kier alpha value is 0.543. The molecule has 0 saturated heterocycles. The summed E-state index contributed by atoms with van der Waals surface area (Å²) in [5, 5.41) is 0. The minimum absolute atomic E-state index is 0.801. The van der Waals surface area contributed by atoms with Gasteiger partial charge in [-0.3, -0.25) is 0 Å². The Balaban J connectivity index is 1.68. The maximum atomic E-state index is 1.66. The van der Waals surface area contributed by atoms with Crippen LogP contribution in [0.25, 0.3) is 0 Å². The third-order valence-corrected chi connectivity index (χ3v) is 15.8. The molecule has 0 aromatic carbocycles. The Morgan fingerprint density at radius 2 is 0.632 bits per heavy atom. The molecule has 0 amide bonds. The van der Waals surface area contributed by atoms with E-state index in [4.69, 9.17) is 0 Å². The van der Waals surface area contributed by atoms with Gasteiger partial charge in [-0.2, -0.15) is 0 Å². The van der Waals surface area contributed by atoms with Crippen molar-refractivity contribution in [3.05, 3.63) is 0 Å². The predicted octanol–water partition coefficient (Wildman–Crippen LogP) is 6.48. The Bertz CT molecular complexity index is 202. The summed E-state index contributed by atoms with van der Waals surface area (Å²) in [4.78, 5) is 0. The Kier molecular flexibility index (Phi) is 5.73. The van der Waals surface area contributed by atoms with Crippen molar-refractivity contribution in [2.75, 3.05) is 0 Å². The summed E-state index contributed by atoms with van der Waals surface area (Å²) in [5.74, 6) is 0. The Labute approximate surface area is 125 Å². The van der Waals surface area contributed by atoms with Crippen LogP contribution < -0.4 is 0 Å². The third kappa shape index (κ3) is 3.80. The average Bonchev–Trinajstić information content (AvgIpc) is 2.51. The summed E-state index contributed by atoms with van der Waals surface area (Å²) in [7, 11) is 0. The molecule has 3 aliphatic carbocycles. The third-order valence-electron chi connectivity index (χ3n) is 6.23. The number of hydrogen-bond donors (Lipinski definition) is 0. The van der Waals surface area contributed by atoms with Crippen molar-refractivity contribution < 1.29 is 0 Å². The van der Waals surface area contributed by atoms with Gasteiger partial charge < -0.3 is 0 Å². The molecule has 0 aliphatic heterocycles. The fraction of sp³-hybridized carbons (Fsp3) is 1.00. The van der Waals surface area contributed by atoms with Gasteiger partial charge in [0, 0.05) is 0 Å². The van der Waals surface area contributed by atoms with E-state index in [1.807, 2.05) is 0 Å². The first-order chi connectivity index (χ1) is 9.45. The molecular weight excluding hydrogens is 289 g/mol. The van der Waals surface area contributed by atoms with Crippen LogP contribution in [0.4, 0.5) is 0 Å². The monoisotopic (exact) mass is 323 g/mol. The van der Waals surface area contributed by atoms with Crippen molar-refractivity contribution >= 4 is 14.3 Å². The van der Waals surface area contributed by atoms with Crippen LogP contribution in [0, 0.1) is 0 Å².